The molecule has 3 heteroatoms. The second-order valence-corrected chi connectivity index (χ2v) is 3.54. The molecule has 0 aliphatic heterocycles. The topological polar surface area (TPSA) is 43.8 Å². The molecular formula is C11H15N3. The van der Waals surface area contributed by atoms with E-state index >= 15 is 0 Å². The molecule has 1 heterocycles. The highest BCUT2D eigenvalue weighted by atomic mass is 15.3. The van der Waals surface area contributed by atoms with Gasteiger partial charge in [-0.2, -0.15) is 5.10 Å². The lowest BCUT2D eigenvalue weighted by atomic mass is 10.1. The molecule has 0 amide bonds. The van der Waals surface area contributed by atoms with Gasteiger partial charge in [0.05, 0.1) is 11.2 Å². The number of benzene rings is 1. The predicted octanol–water partition coefficient (Wildman–Crippen LogP) is 1.98. The highest BCUT2D eigenvalue weighted by Gasteiger charge is 2.12. The first-order valence-corrected chi connectivity index (χ1v) is 4.91. The van der Waals surface area contributed by atoms with Gasteiger partial charge in [0.1, 0.15) is 0 Å². The van der Waals surface area contributed by atoms with Crippen LogP contribution < -0.4 is 5.73 Å². The quantitative estimate of drug-likeness (QED) is 0.785. The molecule has 1 unspecified atom stereocenters. The van der Waals surface area contributed by atoms with Crippen molar-refractivity contribution in [3.8, 4) is 0 Å². The molecule has 2 aromatic rings. The minimum Gasteiger partial charge on any atom is -0.323 e. The summed E-state index contributed by atoms with van der Waals surface area (Å²) in [6, 6.07) is 8.23. The van der Waals surface area contributed by atoms with E-state index in [1.807, 2.05) is 23.9 Å². The maximum atomic E-state index is 6.00. The minimum absolute atomic E-state index is 0.0427. The van der Waals surface area contributed by atoms with Crippen LogP contribution in [0.3, 0.4) is 0 Å². The van der Waals surface area contributed by atoms with E-state index in [0.29, 0.717) is 0 Å². The van der Waals surface area contributed by atoms with Gasteiger partial charge in [0, 0.05) is 18.5 Å². The fraction of sp³-hybridized carbons (Fsp3) is 0.364. The summed E-state index contributed by atoms with van der Waals surface area (Å²) in [5.41, 5.74) is 8.15. The van der Waals surface area contributed by atoms with Crippen molar-refractivity contribution >= 4 is 10.9 Å². The monoisotopic (exact) mass is 189 g/mol. The Morgan fingerprint density at radius 2 is 2.14 bits per heavy atom. The van der Waals surface area contributed by atoms with E-state index in [0.717, 1.165) is 17.6 Å². The van der Waals surface area contributed by atoms with Crippen LogP contribution in [-0.4, -0.2) is 9.78 Å². The molecule has 1 atom stereocenters. The fourth-order valence-corrected chi connectivity index (χ4v) is 1.71. The van der Waals surface area contributed by atoms with Crippen molar-refractivity contribution in [3.05, 3.63) is 30.0 Å². The van der Waals surface area contributed by atoms with E-state index < -0.39 is 0 Å². The van der Waals surface area contributed by atoms with E-state index in [-0.39, 0.29) is 6.04 Å². The number of hydrogen-bond acceptors (Lipinski definition) is 2. The summed E-state index contributed by atoms with van der Waals surface area (Å²) < 4.78 is 1.89. The summed E-state index contributed by atoms with van der Waals surface area (Å²) >= 11 is 0. The summed E-state index contributed by atoms with van der Waals surface area (Å²) in [6.07, 6.45) is 0.918. The molecule has 0 aliphatic carbocycles. The van der Waals surface area contributed by atoms with Crippen molar-refractivity contribution in [3.63, 3.8) is 0 Å². The molecule has 0 fully saturated rings. The van der Waals surface area contributed by atoms with Crippen LogP contribution in [0.4, 0.5) is 0 Å². The van der Waals surface area contributed by atoms with E-state index in [1.54, 1.807) is 0 Å². The number of rotatable bonds is 2. The Hall–Kier alpha value is -1.35. The van der Waals surface area contributed by atoms with Gasteiger partial charge >= 0.3 is 0 Å². The average molecular weight is 189 g/mol. The standard InChI is InChI=1S/C11H15N3/c1-3-9(12)11-8-6-4-5-7-10(8)14(2)13-11/h4-7,9H,3,12H2,1-2H3. The minimum atomic E-state index is 0.0427. The molecule has 0 spiro atoms. The third-order valence-electron chi connectivity index (χ3n) is 2.58. The van der Waals surface area contributed by atoms with Gasteiger partial charge in [-0.15, -0.1) is 0 Å². The lowest BCUT2D eigenvalue weighted by Crippen LogP contribution is -2.10. The van der Waals surface area contributed by atoms with E-state index in [9.17, 15) is 0 Å². The van der Waals surface area contributed by atoms with Crippen LogP contribution in [0.25, 0.3) is 10.9 Å². The first-order chi connectivity index (χ1) is 6.74. The van der Waals surface area contributed by atoms with Gasteiger partial charge in [0.15, 0.2) is 0 Å². The second-order valence-electron chi connectivity index (χ2n) is 3.54. The number of nitrogens with zero attached hydrogens (tertiary/aromatic N) is 2. The molecule has 2 N–H and O–H groups in total. The zero-order chi connectivity index (χ0) is 10.1. The van der Waals surface area contributed by atoms with Crippen molar-refractivity contribution in [2.45, 2.75) is 19.4 Å². The highest BCUT2D eigenvalue weighted by molar-refractivity contribution is 5.82. The third-order valence-corrected chi connectivity index (χ3v) is 2.58. The number of aromatic nitrogens is 2. The van der Waals surface area contributed by atoms with Crippen molar-refractivity contribution in [2.24, 2.45) is 12.8 Å². The van der Waals surface area contributed by atoms with Crippen LogP contribution in [-0.2, 0) is 7.05 Å². The van der Waals surface area contributed by atoms with Crippen molar-refractivity contribution in [1.29, 1.82) is 0 Å². The zero-order valence-corrected chi connectivity index (χ0v) is 8.57. The van der Waals surface area contributed by atoms with Crippen molar-refractivity contribution < 1.29 is 0 Å². The number of aryl methyl sites for hydroxylation is 1. The summed E-state index contributed by atoms with van der Waals surface area (Å²) in [6.45, 7) is 2.08. The maximum absolute atomic E-state index is 6.00. The number of nitrogens with two attached hydrogens (primary N) is 1. The third kappa shape index (κ3) is 1.30. The molecule has 0 saturated heterocycles. The van der Waals surface area contributed by atoms with Gasteiger partial charge < -0.3 is 5.73 Å². The summed E-state index contributed by atoms with van der Waals surface area (Å²) in [7, 11) is 1.95. The molecule has 3 nitrogen and oxygen atoms in total. The summed E-state index contributed by atoms with van der Waals surface area (Å²) in [5, 5.41) is 5.62. The summed E-state index contributed by atoms with van der Waals surface area (Å²) in [4.78, 5) is 0. The lowest BCUT2D eigenvalue weighted by molar-refractivity contribution is 0.650. The Balaban J connectivity index is 2.66. The van der Waals surface area contributed by atoms with Crippen molar-refractivity contribution in [1.82, 2.24) is 9.78 Å². The Morgan fingerprint density at radius 1 is 1.43 bits per heavy atom. The molecule has 2 rings (SSSR count). The number of hydrogen-bond donors (Lipinski definition) is 1. The smallest absolute Gasteiger partial charge is 0.0870 e. The Kier molecular flexibility index (Phi) is 2.25. The average Bonchev–Trinajstić information content (AvgIpc) is 2.56. The van der Waals surface area contributed by atoms with Gasteiger partial charge in [0.2, 0.25) is 0 Å². The zero-order valence-electron chi connectivity index (χ0n) is 8.57. The molecule has 1 aromatic carbocycles. The Bertz CT molecular complexity index is 445. The maximum Gasteiger partial charge on any atom is 0.0870 e. The number of fused-ring (bicyclic) bond motifs is 1. The molecular weight excluding hydrogens is 174 g/mol. The molecule has 0 radical (unpaired) electrons. The largest absolute Gasteiger partial charge is 0.323 e. The van der Waals surface area contributed by atoms with E-state index in [2.05, 4.69) is 24.2 Å². The highest BCUT2D eigenvalue weighted by Crippen LogP contribution is 2.23. The van der Waals surface area contributed by atoms with Gasteiger partial charge in [-0.3, -0.25) is 4.68 Å². The summed E-state index contributed by atoms with van der Waals surface area (Å²) in [5.74, 6) is 0. The van der Waals surface area contributed by atoms with Gasteiger partial charge in [-0.25, -0.2) is 0 Å². The van der Waals surface area contributed by atoms with Crippen molar-refractivity contribution in [2.75, 3.05) is 0 Å². The molecule has 14 heavy (non-hydrogen) atoms. The molecule has 0 bridgehead atoms. The van der Waals surface area contributed by atoms with Crippen LogP contribution in [0.15, 0.2) is 24.3 Å². The molecule has 74 valence electrons. The van der Waals surface area contributed by atoms with Gasteiger partial charge in [-0.05, 0) is 12.5 Å². The Morgan fingerprint density at radius 3 is 2.86 bits per heavy atom. The van der Waals surface area contributed by atoms with Crippen LogP contribution in [0.5, 0.6) is 0 Å². The Labute approximate surface area is 83.5 Å². The van der Waals surface area contributed by atoms with Crippen LogP contribution in [0.1, 0.15) is 25.1 Å². The molecule has 0 aliphatic rings. The molecule has 1 aromatic heterocycles. The van der Waals surface area contributed by atoms with Gasteiger partial charge in [-0.1, -0.05) is 25.1 Å². The molecule has 0 saturated carbocycles. The lowest BCUT2D eigenvalue weighted by Gasteiger charge is -2.04. The normalized spacial score (nSPS) is 13.4. The predicted molar refractivity (Wildman–Crippen MR) is 57.9 cm³/mol. The number of para-hydroxylation sites is 1. The first kappa shape index (κ1) is 9.21. The van der Waals surface area contributed by atoms with Crippen LogP contribution in [0, 0.1) is 0 Å². The van der Waals surface area contributed by atoms with Crippen LogP contribution >= 0.6 is 0 Å². The second kappa shape index (κ2) is 3.42. The van der Waals surface area contributed by atoms with E-state index in [1.165, 1.54) is 5.39 Å². The van der Waals surface area contributed by atoms with E-state index in [4.69, 9.17) is 5.73 Å². The SMILES string of the molecule is CCC(N)c1nn(C)c2ccccc12. The first-order valence-electron chi connectivity index (χ1n) is 4.91. The van der Waals surface area contributed by atoms with Crippen LogP contribution in [0.2, 0.25) is 0 Å². The van der Waals surface area contributed by atoms with Gasteiger partial charge in [0.25, 0.3) is 0 Å². The fourth-order valence-electron chi connectivity index (χ4n) is 1.71.